The molecule has 1 unspecified atom stereocenters. The second kappa shape index (κ2) is 4.36. The predicted molar refractivity (Wildman–Crippen MR) is 45.6 cm³/mol. The second-order valence-corrected chi connectivity index (χ2v) is 3.46. The molecule has 1 atom stereocenters. The van der Waals surface area contributed by atoms with E-state index < -0.39 is 17.9 Å². The summed E-state index contributed by atoms with van der Waals surface area (Å²) in [5.41, 5.74) is 0. The van der Waals surface area contributed by atoms with Gasteiger partial charge in [-0.05, 0) is 12.8 Å². The zero-order valence-electron chi connectivity index (χ0n) is 7.72. The first-order chi connectivity index (χ1) is 6.56. The highest BCUT2D eigenvalue weighted by Gasteiger charge is 2.41. The topological polar surface area (TPSA) is 52.9 Å². The van der Waals surface area contributed by atoms with Crippen LogP contribution in [0.4, 0.5) is 8.78 Å². The van der Waals surface area contributed by atoms with E-state index in [1.807, 2.05) is 0 Å². The van der Waals surface area contributed by atoms with Crippen molar-refractivity contribution in [3.05, 3.63) is 0 Å². The van der Waals surface area contributed by atoms with Gasteiger partial charge < -0.3 is 5.32 Å². The lowest BCUT2D eigenvalue weighted by Gasteiger charge is -2.31. The number of nitriles is 1. The van der Waals surface area contributed by atoms with E-state index in [9.17, 15) is 13.6 Å². The molecule has 0 heterocycles. The molecule has 0 spiro atoms. The van der Waals surface area contributed by atoms with Gasteiger partial charge in [0.05, 0.1) is 12.1 Å². The minimum absolute atomic E-state index is 0.176. The molecule has 0 bridgehead atoms. The summed E-state index contributed by atoms with van der Waals surface area (Å²) in [6.45, 7) is 0. The van der Waals surface area contributed by atoms with Crippen LogP contribution in [0.3, 0.4) is 0 Å². The highest BCUT2D eigenvalue weighted by atomic mass is 19.3. The normalized spacial score (nSPS) is 25.1. The van der Waals surface area contributed by atoms with Gasteiger partial charge in [0.15, 0.2) is 0 Å². The lowest BCUT2D eigenvalue weighted by atomic mass is 9.91. The number of carbonyl (C=O) groups is 1. The molecule has 3 nitrogen and oxygen atoms in total. The summed E-state index contributed by atoms with van der Waals surface area (Å²) in [6.07, 6.45) is 0.964. The van der Waals surface area contributed by atoms with Gasteiger partial charge in [-0.15, -0.1) is 0 Å². The van der Waals surface area contributed by atoms with Crippen molar-refractivity contribution in [2.24, 2.45) is 0 Å². The van der Waals surface area contributed by atoms with E-state index in [4.69, 9.17) is 5.26 Å². The Hall–Kier alpha value is -1.18. The van der Waals surface area contributed by atoms with Crippen LogP contribution in [0.1, 0.15) is 32.1 Å². The van der Waals surface area contributed by atoms with Crippen molar-refractivity contribution in [1.82, 2.24) is 5.32 Å². The van der Waals surface area contributed by atoms with Crippen LogP contribution in [0.5, 0.6) is 0 Å². The zero-order valence-corrected chi connectivity index (χ0v) is 7.72. The number of nitrogens with one attached hydrogen (secondary N) is 1. The van der Waals surface area contributed by atoms with E-state index in [0.29, 0.717) is 19.3 Å². The molecule has 1 aliphatic carbocycles. The van der Waals surface area contributed by atoms with E-state index in [1.54, 1.807) is 6.07 Å². The van der Waals surface area contributed by atoms with E-state index in [-0.39, 0.29) is 12.8 Å². The lowest BCUT2D eigenvalue weighted by Crippen LogP contribution is -2.49. The number of rotatable bonds is 2. The van der Waals surface area contributed by atoms with Gasteiger partial charge in [0.2, 0.25) is 5.91 Å². The summed E-state index contributed by atoms with van der Waals surface area (Å²) >= 11 is 0. The summed E-state index contributed by atoms with van der Waals surface area (Å²) in [5, 5.41) is 10.4. The Balaban J connectivity index is 2.50. The standard InChI is InChI=1S/C9H12F2N2O/c10-9(11)5-2-1-3-7(9)13-8(14)4-6-12/h7H,1-5H2,(H,13,14). The number of hydrogen-bond donors (Lipinski definition) is 1. The van der Waals surface area contributed by atoms with E-state index in [1.165, 1.54) is 0 Å². The predicted octanol–water partition coefficient (Wildman–Crippen LogP) is 1.59. The lowest BCUT2D eigenvalue weighted by molar-refractivity contribution is -0.126. The van der Waals surface area contributed by atoms with Crippen molar-refractivity contribution in [2.45, 2.75) is 44.1 Å². The molecule has 5 heteroatoms. The first-order valence-corrected chi connectivity index (χ1v) is 4.60. The number of alkyl halides is 2. The molecule has 14 heavy (non-hydrogen) atoms. The van der Waals surface area contributed by atoms with Gasteiger partial charge in [-0.3, -0.25) is 4.79 Å². The number of amides is 1. The summed E-state index contributed by atoms with van der Waals surface area (Å²) in [6, 6.07) is 0.541. The van der Waals surface area contributed by atoms with Gasteiger partial charge in [-0.25, -0.2) is 8.78 Å². The van der Waals surface area contributed by atoms with Crippen LogP contribution in [0.15, 0.2) is 0 Å². The van der Waals surface area contributed by atoms with E-state index in [2.05, 4.69) is 5.32 Å². The van der Waals surface area contributed by atoms with Crippen LogP contribution in [-0.4, -0.2) is 17.9 Å². The van der Waals surface area contributed by atoms with Crippen LogP contribution in [-0.2, 0) is 4.79 Å². The Morgan fingerprint density at radius 3 is 2.86 bits per heavy atom. The first kappa shape index (κ1) is 10.9. The molecule has 0 aliphatic heterocycles. The third-order valence-corrected chi connectivity index (χ3v) is 2.34. The van der Waals surface area contributed by atoms with Gasteiger partial charge in [0.25, 0.3) is 5.92 Å². The van der Waals surface area contributed by atoms with Crippen molar-refractivity contribution in [1.29, 1.82) is 5.26 Å². The number of carbonyl (C=O) groups excluding carboxylic acids is 1. The van der Waals surface area contributed by atoms with Crippen molar-refractivity contribution in [2.75, 3.05) is 0 Å². The molecule has 78 valence electrons. The molecule has 1 fully saturated rings. The molecule has 1 aliphatic rings. The van der Waals surface area contributed by atoms with E-state index in [0.717, 1.165) is 0 Å². The Labute approximate surface area is 81.1 Å². The quantitative estimate of drug-likeness (QED) is 0.739. The molecular weight excluding hydrogens is 190 g/mol. The summed E-state index contributed by atoms with van der Waals surface area (Å²) in [4.78, 5) is 10.9. The molecule has 0 radical (unpaired) electrons. The van der Waals surface area contributed by atoms with Gasteiger partial charge in [0, 0.05) is 6.42 Å². The summed E-state index contributed by atoms with van der Waals surface area (Å²) in [5.74, 6) is -3.43. The summed E-state index contributed by atoms with van der Waals surface area (Å²) < 4.78 is 26.3. The number of halogens is 2. The maximum atomic E-state index is 13.2. The molecule has 0 aromatic heterocycles. The molecule has 0 saturated heterocycles. The highest BCUT2D eigenvalue weighted by molar-refractivity contribution is 5.78. The van der Waals surface area contributed by atoms with Gasteiger partial charge in [-0.2, -0.15) is 5.26 Å². The molecule has 1 rings (SSSR count). The fourth-order valence-electron chi connectivity index (χ4n) is 1.59. The third kappa shape index (κ3) is 2.66. The molecule has 0 aromatic carbocycles. The van der Waals surface area contributed by atoms with Crippen LogP contribution < -0.4 is 5.32 Å². The fourth-order valence-corrected chi connectivity index (χ4v) is 1.59. The van der Waals surface area contributed by atoms with Crippen molar-refractivity contribution < 1.29 is 13.6 Å². The largest absolute Gasteiger partial charge is 0.346 e. The SMILES string of the molecule is N#CCC(=O)NC1CCCCC1(F)F. The molecule has 1 amide bonds. The zero-order chi connectivity index (χ0) is 10.6. The van der Waals surface area contributed by atoms with Gasteiger partial charge >= 0.3 is 0 Å². The Morgan fingerprint density at radius 1 is 1.57 bits per heavy atom. The Bertz CT molecular complexity index is 260. The van der Waals surface area contributed by atoms with Crippen molar-refractivity contribution in [3.8, 4) is 6.07 Å². The van der Waals surface area contributed by atoms with Crippen molar-refractivity contribution >= 4 is 5.91 Å². The minimum atomic E-state index is -2.82. The van der Waals surface area contributed by atoms with Crippen LogP contribution in [0.25, 0.3) is 0 Å². The average Bonchev–Trinajstić information content (AvgIpc) is 2.09. The fraction of sp³-hybridized carbons (Fsp3) is 0.778. The first-order valence-electron chi connectivity index (χ1n) is 4.60. The number of nitrogens with zero attached hydrogens (tertiary/aromatic N) is 1. The van der Waals surface area contributed by atoms with Crippen LogP contribution in [0, 0.1) is 11.3 Å². The Kier molecular flexibility index (Phi) is 3.39. The van der Waals surface area contributed by atoms with Crippen LogP contribution in [0.2, 0.25) is 0 Å². The maximum absolute atomic E-state index is 13.2. The maximum Gasteiger partial charge on any atom is 0.267 e. The molecule has 1 N–H and O–H groups in total. The minimum Gasteiger partial charge on any atom is -0.346 e. The van der Waals surface area contributed by atoms with Crippen LogP contribution >= 0.6 is 0 Å². The number of hydrogen-bond acceptors (Lipinski definition) is 2. The van der Waals surface area contributed by atoms with Gasteiger partial charge in [0.1, 0.15) is 6.42 Å². The molecule has 1 saturated carbocycles. The second-order valence-electron chi connectivity index (χ2n) is 3.46. The van der Waals surface area contributed by atoms with Crippen molar-refractivity contribution in [3.63, 3.8) is 0 Å². The smallest absolute Gasteiger partial charge is 0.267 e. The molecular formula is C9H12F2N2O. The van der Waals surface area contributed by atoms with Gasteiger partial charge in [-0.1, -0.05) is 6.42 Å². The monoisotopic (exact) mass is 202 g/mol. The summed E-state index contributed by atoms with van der Waals surface area (Å²) in [7, 11) is 0. The third-order valence-electron chi connectivity index (χ3n) is 2.34. The molecule has 0 aromatic rings. The van der Waals surface area contributed by atoms with E-state index >= 15 is 0 Å². The highest BCUT2D eigenvalue weighted by Crippen LogP contribution is 2.33. The Morgan fingerprint density at radius 2 is 2.29 bits per heavy atom. The average molecular weight is 202 g/mol.